The van der Waals surface area contributed by atoms with Crippen molar-refractivity contribution >= 4 is 74.0 Å². The van der Waals surface area contributed by atoms with Gasteiger partial charge < -0.3 is 19.6 Å². The fourth-order valence-corrected chi connectivity index (χ4v) is 11.6. The molecule has 0 saturated heterocycles. The number of anilines is 12. The Kier molecular flexibility index (Phi) is 13.0. The summed E-state index contributed by atoms with van der Waals surface area (Å²) in [6.07, 6.45) is 0. The van der Waals surface area contributed by atoms with Crippen molar-refractivity contribution in [3.63, 3.8) is 0 Å². The van der Waals surface area contributed by atoms with Crippen molar-refractivity contribution in [3.8, 4) is 0 Å². The Hall–Kier alpha value is -10.5. The molecular formula is C74H54N4O. The van der Waals surface area contributed by atoms with E-state index in [2.05, 4.69) is 323 Å². The highest BCUT2D eigenvalue weighted by molar-refractivity contribution is 6.14. The number of hydrogen-bond donors (Lipinski definition) is 0. The van der Waals surface area contributed by atoms with E-state index >= 15 is 4.79 Å². The largest absolute Gasteiger partial charge is 0.310 e. The van der Waals surface area contributed by atoms with Crippen LogP contribution in [-0.4, -0.2) is 5.78 Å². The lowest BCUT2D eigenvalue weighted by atomic mass is 9.59. The SMILES string of the molecule is O=C1c2ccccc2C(c2cc(N(c3ccccc3)c3ccccc3)cc(N(c3ccccc3)c3ccccc3)c2)(c2cc(N(c3ccccc3)c3ccccc3)cc(N(c3ccccc3)c3ccccc3)c2)c2ccccc21. The molecule has 79 heavy (non-hydrogen) atoms. The molecule has 12 aromatic carbocycles. The third-order valence-corrected chi connectivity index (χ3v) is 15.0. The third kappa shape index (κ3) is 8.99. The Morgan fingerprint density at radius 1 is 0.203 bits per heavy atom. The zero-order valence-electron chi connectivity index (χ0n) is 43.4. The second-order valence-corrected chi connectivity index (χ2v) is 19.7. The van der Waals surface area contributed by atoms with Crippen molar-refractivity contribution in [2.75, 3.05) is 19.6 Å². The molecule has 0 radical (unpaired) electrons. The van der Waals surface area contributed by atoms with Crippen LogP contribution in [0.5, 0.6) is 0 Å². The summed E-state index contributed by atoms with van der Waals surface area (Å²) >= 11 is 0. The maximum atomic E-state index is 15.4. The van der Waals surface area contributed by atoms with Crippen molar-refractivity contribution in [2.45, 2.75) is 5.41 Å². The minimum Gasteiger partial charge on any atom is -0.310 e. The summed E-state index contributed by atoms with van der Waals surface area (Å²) in [5, 5.41) is 0. The van der Waals surface area contributed by atoms with Gasteiger partial charge in [-0.2, -0.15) is 0 Å². The van der Waals surface area contributed by atoms with Crippen LogP contribution in [-0.2, 0) is 5.41 Å². The van der Waals surface area contributed by atoms with E-state index in [1.54, 1.807) is 0 Å². The molecule has 5 heteroatoms. The Morgan fingerprint density at radius 2 is 0.392 bits per heavy atom. The Bertz CT molecular complexity index is 3410. The van der Waals surface area contributed by atoms with Gasteiger partial charge in [-0.25, -0.2) is 0 Å². The lowest BCUT2D eigenvalue weighted by Crippen LogP contribution is -2.38. The number of hydrogen-bond acceptors (Lipinski definition) is 5. The number of nitrogens with zero attached hydrogens (tertiary/aromatic N) is 4. The van der Waals surface area contributed by atoms with Gasteiger partial charge >= 0.3 is 0 Å². The third-order valence-electron chi connectivity index (χ3n) is 15.0. The van der Waals surface area contributed by atoms with Crippen LogP contribution < -0.4 is 19.6 Å². The molecule has 0 unspecified atom stereocenters. The average Bonchev–Trinajstić information content (AvgIpc) is 3.57. The first kappa shape index (κ1) is 48.2. The van der Waals surface area contributed by atoms with E-state index in [4.69, 9.17) is 0 Å². The van der Waals surface area contributed by atoms with Gasteiger partial charge in [-0.15, -0.1) is 0 Å². The van der Waals surface area contributed by atoms with E-state index in [1.165, 1.54) is 0 Å². The van der Waals surface area contributed by atoms with Crippen molar-refractivity contribution < 1.29 is 4.79 Å². The monoisotopic (exact) mass is 1010 g/mol. The van der Waals surface area contributed by atoms with E-state index in [0.717, 1.165) is 90.5 Å². The molecule has 0 atom stereocenters. The number of carbonyl (C=O) groups is 1. The van der Waals surface area contributed by atoms with Crippen LogP contribution in [0.15, 0.2) is 328 Å². The Labute approximate surface area is 462 Å². The van der Waals surface area contributed by atoms with Crippen LogP contribution in [0.4, 0.5) is 68.2 Å². The lowest BCUT2D eigenvalue weighted by molar-refractivity contribution is 0.103. The van der Waals surface area contributed by atoms with Crippen molar-refractivity contribution in [1.82, 2.24) is 0 Å². The molecular weight excluding hydrogens is 961 g/mol. The molecule has 0 heterocycles. The smallest absolute Gasteiger partial charge is 0.193 e. The molecule has 12 aromatic rings. The highest BCUT2D eigenvalue weighted by Crippen LogP contribution is 2.56. The molecule has 0 saturated carbocycles. The zero-order chi connectivity index (χ0) is 53.0. The standard InChI is InChI=1S/C74H54N4O/c79-73-69-45-25-27-47-71(69)74(72-48-28-26-46-70(72)73,55-49-65(75(57-29-9-1-10-30-57)58-31-11-2-12-32-58)53-66(50-55)76(59-33-13-3-14-34-59)60-35-15-4-16-36-60)56-51-67(77(61-37-17-5-18-38-61)62-39-19-6-20-40-62)54-68(52-56)78(63-41-21-7-22-42-63)64-43-23-8-24-44-64/h1-54H. The second kappa shape index (κ2) is 21.3. The van der Waals surface area contributed by atoms with Gasteiger partial charge in [0.2, 0.25) is 0 Å². The number of rotatable bonds is 14. The van der Waals surface area contributed by atoms with Crippen LogP contribution in [0.2, 0.25) is 0 Å². The predicted octanol–water partition coefficient (Wildman–Crippen LogP) is 19.5. The number of ketones is 1. The van der Waals surface area contributed by atoms with Gasteiger partial charge in [0.05, 0.1) is 5.41 Å². The topological polar surface area (TPSA) is 30.0 Å². The lowest BCUT2D eigenvalue weighted by Gasteiger charge is -2.43. The highest BCUT2D eigenvalue weighted by atomic mass is 16.1. The molecule has 376 valence electrons. The van der Waals surface area contributed by atoms with Crippen LogP contribution in [0, 0.1) is 0 Å². The van der Waals surface area contributed by atoms with Gasteiger partial charge in [0.25, 0.3) is 0 Å². The molecule has 0 aromatic heterocycles. The summed E-state index contributed by atoms with van der Waals surface area (Å²) in [6.45, 7) is 0. The zero-order valence-corrected chi connectivity index (χ0v) is 43.4. The van der Waals surface area contributed by atoms with E-state index in [1.807, 2.05) is 24.3 Å². The summed E-state index contributed by atoms with van der Waals surface area (Å²) in [5.41, 5.74) is 15.7. The van der Waals surface area contributed by atoms with Crippen molar-refractivity contribution in [1.29, 1.82) is 0 Å². The first-order chi connectivity index (χ1) is 39.1. The molecule has 0 bridgehead atoms. The summed E-state index contributed by atoms with van der Waals surface area (Å²) in [7, 11) is 0. The van der Waals surface area contributed by atoms with Gasteiger partial charge in [-0.3, -0.25) is 4.79 Å². The first-order valence-corrected chi connectivity index (χ1v) is 26.8. The van der Waals surface area contributed by atoms with Crippen LogP contribution in [0.1, 0.15) is 38.2 Å². The quantitative estimate of drug-likeness (QED) is 0.108. The number of benzene rings is 12. The van der Waals surface area contributed by atoms with Gasteiger partial charge in [0.15, 0.2) is 5.78 Å². The molecule has 1 aliphatic rings. The molecule has 13 rings (SSSR count). The normalized spacial score (nSPS) is 12.2. The molecule has 0 N–H and O–H groups in total. The fourth-order valence-electron chi connectivity index (χ4n) is 11.6. The maximum absolute atomic E-state index is 15.4. The Morgan fingerprint density at radius 3 is 0.608 bits per heavy atom. The minimum atomic E-state index is -1.15. The minimum absolute atomic E-state index is 0.00892. The van der Waals surface area contributed by atoms with Gasteiger partial charge in [0, 0.05) is 79.4 Å². The van der Waals surface area contributed by atoms with Gasteiger partial charge in [0.1, 0.15) is 0 Å². The molecule has 0 aliphatic heterocycles. The average molecular weight is 1020 g/mol. The number of fused-ring (bicyclic) bond motifs is 2. The number of para-hydroxylation sites is 8. The van der Waals surface area contributed by atoms with Crippen LogP contribution in [0.3, 0.4) is 0 Å². The van der Waals surface area contributed by atoms with Crippen molar-refractivity contribution in [3.05, 3.63) is 361 Å². The van der Waals surface area contributed by atoms with Crippen LogP contribution >= 0.6 is 0 Å². The highest BCUT2D eigenvalue weighted by Gasteiger charge is 2.48. The van der Waals surface area contributed by atoms with E-state index in [0.29, 0.717) is 11.1 Å². The van der Waals surface area contributed by atoms with Gasteiger partial charge in [-0.1, -0.05) is 194 Å². The predicted molar refractivity (Wildman–Crippen MR) is 327 cm³/mol. The fraction of sp³-hybridized carbons (Fsp3) is 0.0135. The number of carbonyl (C=O) groups excluding carboxylic acids is 1. The van der Waals surface area contributed by atoms with E-state index < -0.39 is 5.41 Å². The van der Waals surface area contributed by atoms with Crippen LogP contribution in [0.25, 0.3) is 0 Å². The first-order valence-electron chi connectivity index (χ1n) is 26.8. The Balaban J connectivity index is 1.22. The maximum Gasteiger partial charge on any atom is 0.193 e. The van der Waals surface area contributed by atoms with E-state index in [-0.39, 0.29) is 5.78 Å². The van der Waals surface area contributed by atoms with E-state index in [9.17, 15) is 0 Å². The second-order valence-electron chi connectivity index (χ2n) is 19.7. The summed E-state index contributed by atoms with van der Waals surface area (Å²) < 4.78 is 0. The summed E-state index contributed by atoms with van der Waals surface area (Å²) in [4.78, 5) is 24.8. The van der Waals surface area contributed by atoms with Crippen molar-refractivity contribution in [2.24, 2.45) is 0 Å². The van der Waals surface area contributed by atoms with Gasteiger partial charge in [-0.05, 0) is 156 Å². The molecule has 0 spiro atoms. The summed E-state index contributed by atoms with van der Waals surface area (Å²) in [5.74, 6) is -0.00892. The molecule has 5 nitrogen and oxygen atoms in total. The molecule has 1 aliphatic carbocycles. The molecule has 0 amide bonds. The molecule has 0 fully saturated rings. The summed E-state index contributed by atoms with van der Waals surface area (Å²) in [6, 6.07) is 115.